The number of ketones is 1. The van der Waals surface area contributed by atoms with Gasteiger partial charge in [0.1, 0.15) is 0 Å². The minimum Gasteiger partial charge on any atom is -0.454 e. The third kappa shape index (κ3) is 4.24. The lowest BCUT2D eigenvalue weighted by atomic mass is 10.0. The smallest absolute Gasteiger partial charge is 0.339 e. The van der Waals surface area contributed by atoms with Gasteiger partial charge in [-0.05, 0) is 36.1 Å². The highest BCUT2D eigenvalue weighted by Crippen LogP contribution is 2.25. The van der Waals surface area contributed by atoms with Crippen LogP contribution in [0.1, 0.15) is 38.9 Å². The Morgan fingerprint density at radius 1 is 0.839 bits per heavy atom. The Morgan fingerprint density at radius 3 is 2.19 bits per heavy atom. The first-order valence-electron chi connectivity index (χ1n) is 10.3. The monoisotopic (exact) mass is 409 g/mol. The molecule has 0 saturated carbocycles. The van der Waals surface area contributed by atoms with E-state index < -0.39 is 5.97 Å². The van der Waals surface area contributed by atoms with Gasteiger partial charge in [-0.25, -0.2) is 4.79 Å². The van der Waals surface area contributed by atoms with Gasteiger partial charge in [0.2, 0.25) is 0 Å². The molecule has 0 bridgehead atoms. The molecule has 1 aromatic heterocycles. The van der Waals surface area contributed by atoms with E-state index in [9.17, 15) is 9.59 Å². The molecule has 0 saturated heterocycles. The lowest BCUT2D eigenvalue weighted by Crippen LogP contribution is -2.16. The van der Waals surface area contributed by atoms with Crippen molar-refractivity contribution in [2.45, 2.75) is 20.3 Å². The molecule has 31 heavy (non-hydrogen) atoms. The zero-order valence-electron chi connectivity index (χ0n) is 17.6. The molecule has 0 fully saturated rings. The molecule has 0 N–H and O–H groups in total. The minimum atomic E-state index is -0.500. The normalized spacial score (nSPS) is 10.8. The predicted molar refractivity (Wildman–Crippen MR) is 122 cm³/mol. The third-order valence-corrected chi connectivity index (χ3v) is 5.42. The van der Waals surface area contributed by atoms with Crippen molar-refractivity contribution in [1.29, 1.82) is 0 Å². The van der Waals surface area contributed by atoms with E-state index in [2.05, 4.69) is 4.98 Å². The second kappa shape index (κ2) is 8.92. The van der Waals surface area contributed by atoms with Crippen LogP contribution in [0.15, 0.2) is 78.9 Å². The van der Waals surface area contributed by atoms with Crippen LogP contribution in [0.5, 0.6) is 0 Å². The second-order valence-corrected chi connectivity index (χ2v) is 7.37. The van der Waals surface area contributed by atoms with Crippen molar-refractivity contribution in [3.8, 4) is 11.1 Å². The average molecular weight is 409 g/mol. The summed E-state index contributed by atoms with van der Waals surface area (Å²) in [6.45, 7) is 3.57. The molecule has 0 aliphatic carbocycles. The van der Waals surface area contributed by atoms with E-state index in [1.807, 2.05) is 80.6 Å². The summed E-state index contributed by atoms with van der Waals surface area (Å²) in [4.78, 5) is 30.2. The molecule has 4 aromatic rings. The molecule has 0 atom stereocenters. The van der Waals surface area contributed by atoms with Gasteiger partial charge in [0.15, 0.2) is 12.4 Å². The Morgan fingerprint density at radius 2 is 1.48 bits per heavy atom. The van der Waals surface area contributed by atoms with E-state index in [1.54, 1.807) is 12.1 Å². The molecule has 0 amide bonds. The van der Waals surface area contributed by atoms with Crippen molar-refractivity contribution < 1.29 is 14.3 Å². The SMILES string of the molecule is CCc1nc2ccccc2c(C(=O)OCC(=O)c2ccc(-c3ccccc3)cc2)c1C. The van der Waals surface area contributed by atoms with Gasteiger partial charge in [-0.1, -0.05) is 79.7 Å². The Balaban J connectivity index is 1.51. The number of carbonyl (C=O) groups is 2. The van der Waals surface area contributed by atoms with E-state index in [-0.39, 0.29) is 12.4 Å². The molecule has 3 aromatic carbocycles. The zero-order valence-corrected chi connectivity index (χ0v) is 17.6. The first-order chi connectivity index (χ1) is 15.1. The summed E-state index contributed by atoms with van der Waals surface area (Å²) < 4.78 is 5.43. The van der Waals surface area contributed by atoms with Crippen LogP contribution < -0.4 is 0 Å². The van der Waals surface area contributed by atoms with Gasteiger partial charge in [0, 0.05) is 16.6 Å². The van der Waals surface area contributed by atoms with Crippen molar-refractivity contribution in [2.24, 2.45) is 0 Å². The van der Waals surface area contributed by atoms with E-state index in [1.165, 1.54) is 0 Å². The molecule has 4 nitrogen and oxygen atoms in total. The van der Waals surface area contributed by atoms with Gasteiger partial charge in [-0.2, -0.15) is 0 Å². The molecule has 4 rings (SSSR count). The standard InChI is InChI=1S/C27H23NO3/c1-3-23-18(2)26(22-11-7-8-12-24(22)28-23)27(30)31-17-25(29)21-15-13-20(14-16-21)19-9-5-4-6-10-19/h4-16H,3,17H2,1-2H3. The highest BCUT2D eigenvalue weighted by atomic mass is 16.5. The number of nitrogens with zero attached hydrogens (tertiary/aromatic N) is 1. The Labute approximate surface area is 181 Å². The predicted octanol–water partition coefficient (Wildman–Crippen LogP) is 5.81. The van der Waals surface area contributed by atoms with Crippen LogP contribution in [0.25, 0.3) is 22.0 Å². The van der Waals surface area contributed by atoms with Crippen molar-refractivity contribution in [3.05, 3.63) is 101 Å². The fourth-order valence-electron chi connectivity index (χ4n) is 3.73. The number of pyridine rings is 1. The Bertz CT molecular complexity index is 1240. The molecule has 0 aliphatic heterocycles. The maximum Gasteiger partial charge on any atom is 0.339 e. The maximum atomic E-state index is 12.9. The maximum absolute atomic E-state index is 12.9. The van der Waals surface area contributed by atoms with Crippen molar-refractivity contribution in [2.75, 3.05) is 6.61 Å². The second-order valence-electron chi connectivity index (χ2n) is 7.37. The van der Waals surface area contributed by atoms with E-state index >= 15 is 0 Å². The highest BCUT2D eigenvalue weighted by molar-refractivity contribution is 6.06. The lowest BCUT2D eigenvalue weighted by molar-refractivity contribution is 0.0476. The Hall–Kier alpha value is -3.79. The molecule has 154 valence electrons. The van der Waals surface area contributed by atoms with Crippen molar-refractivity contribution >= 4 is 22.7 Å². The number of hydrogen-bond acceptors (Lipinski definition) is 4. The molecule has 0 aliphatic rings. The number of para-hydroxylation sites is 1. The largest absolute Gasteiger partial charge is 0.454 e. The number of ether oxygens (including phenoxy) is 1. The van der Waals surface area contributed by atoms with Crippen LogP contribution in [0.4, 0.5) is 0 Å². The van der Waals surface area contributed by atoms with Crippen LogP contribution >= 0.6 is 0 Å². The van der Waals surface area contributed by atoms with Crippen LogP contribution in [-0.4, -0.2) is 23.3 Å². The zero-order chi connectivity index (χ0) is 21.8. The van der Waals surface area contributed by atoms with Gasteiger partial charge in [-0.3, -0.25) is 9.78 Å². The van der Waals surface area contributed by atoms with E-state index in [0.29, 0.717) is 17.5 Å². The van der Waals surface area contributed by atoms with E-state index in [0.717, 1.165) is 33.3 Å². The molecule has 0 spiro atoms. The third-order valence-electron chi connectivity index (χ3n) is 5.42. The number of Topliss-reactive ketones (excluding diaryl/α,β-unsaturated/α-hetero) is 1. The number of hydrogen-bond donors (Lipinski definition) is 0. The van der Waals surface area contributed by atoms with Crippen LogP contribution in [-0.2, 0) is 11.2 Å². The van der Waals surface area contributed by atoms with Gasteiger partial charge in [0.25, 0.3) is 0 Å². The van der Waals surface area contributed by atoms with Gasteiger partial charge < -0.3 is 4.74 Å². The summed E-state index contributed by atoms with van der Waals surface area (Å²) in [5.41, 5.74) is 5.51. The first kappa shape index (κ1) is 20.5. The summed E-state index contributed by atoms with van der Waals surface area (Å²) in [6.07, 6.45) is 0.712. The number of fused-ring (bicyclic) bond motifs is 1. The quantitative estimate of drug-likeness (QED) is 0.298. The average Bonchev–Trinajstić information content (AvgIpc) is 2.82. The molecule has 1 heterocycles. The summed E-state index contributed by atoms with van der Waals surface area (Å²) >= 11 is 0. The van der Waals surface area contributed by atoms with Gasteiger partial charge >= 0.3 is 5.97 Å². The number of carbonyl (C=O) groups excluding carboxylic acids is 2. The number of rotatable bonds is 6. The summed E-state index contributed by atoms with van der Waals surface area (Å²) in [6, 6.07) is 24.8. The molecular formula is C27H23NO3. The summed E-state index contributed by atoms with van der Waals surface area (Å²) in [5.74, 6) is -0.736. The van der Waals surface area contributed by atoms with Crippen LogP contribution in [0.2, 0.25) is 0 Å². The summed E-state index contributed by atoms with van der Waals surface area (Å²) in [7, 11) is 0. The van der Waals surface area contributed by atoms with Crippen molar-refractivity contribution in [3.63, 3.8) is 0 Å². The molecule has 0 radical (unpaired) electrons. The lowest BCUT2D eigenvalue weighted by Gasteiger charge is -2.13. The number of esters is 1. The first-order valence-corrected chi connectivity index (χ1v) is 10.3. The van der Waals surface area contributed by atoms with Crippen molar-refractivity contribution in [1.82, 2.24) is 4.98 Å². The van der Waals surface area contributed by atoms with Gasteiger partial charge in [-0.15, -0.1) is 0 Å². The molecular weight excluding hydrogens is 386 g/mol. The fraction of sp³-hybridized carbons (Fsp3) is 0.148. The van der Waals surface area contributed by atoms with E-state index in [4.69, 9.17) is 4.74 Å². The highest BCUT2D eigenvalue weighted by Gasteiger charge is 2.20. The van der Waals surface area contributed by atoms with Crippen LogP contribution in [0, 0.1) is 6.92 Å². The topological polar surface area (TPSA) is 56.3 Å². The number of aromatic nitrogens is 1. The van der Waals surface area contributed by atoms with Gasteiger partial charge in [0.05, 0.1) is 11.1 Å². The summed E-state index contributed by atoms with van der Waals surface area (Å²) in [5, 5.41) is 0.738. The minimum absolute atomic E-state index is 0.236. The molecule has 4 heteroatoms. The van der Waals surface area contributed by atoms with Crippen LogP contribution in [0.3, 0.4) is 0 Å². The Kier molecular flexibility index (Phi) is 5.89. The fourth-order valence-corrected chi connectivity index (χ4v) is 3.73. The number of aryl methyl sites for hydroxylation is 1. The number of benzene rings is 3. The molecule has 0 unspecified atom stereocenters.